The van der Waals surface area contributed by atoms with Crippen molar-refractivity contribution >= 4 is 17.1 Å². The van der Waals surface area contributed by atoms with Crippen LogP contribution in [0.2, 0.25) is 0 Å². The molecular formula is C8H9N5O2. The van der Waals surface area contributed by atoms with Crippen LogP contribution >= 0.6 is 0 Å². The lowest BCUT2D eigenvalue weighted by atomic mass is 10.1. The molecule has 7 nitrogen and oxygen atoms in total. The van der Waals surface area contributed by atoms with Gasteiger partial charge in [0.25, 0.3) is 0 Å². The molecule has 0 atom stereocenters. The van der Waals surface area contributed by atoms with E-state index in [2.05, 4.69) is 5.10 Å². The Morgan fingerprint density at radius 2 is 1.87 bits per heavy atom. The summed E-state index contributed by atoms with van der Waals surface area (Å²) in [6.07, 6.45) is 1.26. The quantitative estimate of drug-likeness (QED) is 0.334. The highest BCUT2D eigenvalue weighted by atomic mass is 16.5. The van der Waals surface area contributed by atoms with Crippen LogP contribution < -0.4 is 22.6 Å². The Balaban J connectivity index is 3.06. The number of benzene rings is 1. The summed E-state index contributed by atoms with van der Waals surface area (Å²) in [6.45, 7) is 0. The van der Waals surface area contributed by atoms with Crippen LogP contribution in [0.1, 0.15) is 0 Å². The zero-order valence-corrected chi connectivity index (χ0v) is 7.64. The number of hydrogen-bond donors (Lipinski definition) is 4. The average molecular weight is 207 g/mol. The van der Waals surface area contributed by atoms with Crippen molar-refractivity contribution in [3.05, 3.63) is 22.5 Å². The van der Waals surface area contributed by atoms with E-state index in [4.69, 9.17) is 17.2 Å². The Hall–Kier alpha value is -2.44. The molecule has 7 heteroatoms. The van der Waals surface area contributed by atoms with Gasteiger partial charge in [0.05, 0.1) is 23.1 Å². The summed E-state index contributed by atoms with van der Waals surface area (Å²) in [5.41, 5.74) is 16.3. The van der Waals surface area contributed by atoms with Crippen molar-refractivity contribution in [1.29, 1.82) is 0 Å². The van der Waals surface area contributed by atoms with Gasteiger partial charge in [0, 0.05) is 0 Å². The molecule has 15 heavy (non-hydrogen) atoms. The molecule has 0 aromatic carbocycles. The highest BCUT2D eigenvalue weighted by Crippen LogP contribution is 2.31. The lowest BCUT2D eigenvalue weighted by Gasteiger charge is -2.13. The highest BCUT2D eigenvalue weighted by Gasteiger charge is 2.20. The van der Waals surface area contributed by atoms with E-state index >= 15 is 0 Å². The zero-order chi connectivity index (χ0) is 11.2. The highest BCUT2D eigenvalue weighted by molar-refractivity contribution is 5.91. The molecule has 7 N–H and O–H groups in total. The summed E-state index contributed by atoms with van der Waals surface area (Å²) >= 11 is 0. The standard InChI is InChI=1S/C8H9N5O2/c9-4-5(10)7-3(8(14)6(4)11)1-2-12-13(7)15/h1-2,15H,9-11H2. The number of hydrogen-bond acceptors (Lipinski definition) is 6. The van der Waals surface area contributed by atoms with E-state index in [1.54, 1.807) is 0 Å². The monoisotopic (exact) mass is 207 g/mol. The maximum Gasteiger partial charge on any atom is 0.213 e. The van der Waals surface area contributed by atoms with Crippen molar-refractivity contribution in [2.75, 3.05) is 17.2 Å². The van der Waals surface area contributed by atoms with Crippen LogP contribution in [0.3, 0.4) is 0 Å². The second kappa shape index (κ2) is 2.77. The van der Waals surface area contributed by atoms with Gasteiger partial charge in [0.1, 0.15) is 11.4 Å². The van der Waals surface area contributed by atoms with Crippen LogP contribution in [0.25, 0.3) is 11.3 Å². The first-order valence-electron chi connectivity index (χ1n) is 4.07. The third-order valence-electron chi connectivity index (χ3n) is 2.20. The predicted molar refractivity (Wildman–Crippen MR) is 55.5 cm³/mol. The number of anilines is 3. The number of aromatic nitrogens is 2. The third kappa shape index (κ3) is 1.06. The number of rotatable bonds is 0. The van der Waals surface area contributed by atoms with Crippen LogP contribution in [0, 0.1) is 0 Å². The molecule has 78 valence electrons. The fraction of sp³-hybridized carbons (Fsp3) is 0. The van der Waals surface area contributed by atoms with E-state index in [1.807, 2.05) is 0 Å². The Bertz CT molecular complexity index is 562. The molecule has 0 amide bonds. The summed E-state index contributed by atoms with van der Waals surface area (Å²) in [4.78, 5) is 12.1. The van der Waals surface area contributed by atoms with E-state index in [-0.39, 0.29) is 28.3 Å². The summed E-state index contributed by atoms with van der Waals surface area (Å²) in [5, 5.41) is 12.9. The van der Waals surface area contributed by atoms with Gasteiger partial charge in [-0.1, -0.05) is 4.85 Å². The Kier molecular flexibility index (Phi) is 1.69. The largest absolute Gasteiger partial charge is 0.411 e. The Morgan fingerprint density at radius 3 is 2.53 bits per heavy atom. The number of nitrogen functional groups attached to an aromatic ring is 3. The van der Waals surface area contributed by atoms with Gasteiger partial charge in [0.15, 0.2) is 0 Å². The summed E-state index contributed by atoms with van der Waals surface area (Å²) in [7, 11) is 0. The van der Waals surface area contributed by atoms with Gasteiger partial charge in [-0.3, -0.25) is 4.79 Å². The average Bonchev–Trinajstić information content (AvgIpc) is 2.23. The Morgan fingerprint density at radius 1 is 1.20 bits per heavy atom. The van der Waals surface area contributed by atoms with Crippen LogP contribution in [0.15, 0.2) is 17.1 Å². The molecule has 0 unspecified atom stereocenters. The summed E-state index contributed by atoms with van der Waals surface area (Å²) in [5.74, 6) is 0. The lowest BCUT2D eigenvalue weighted by Crippen LogP contribution is -2.20. The van der Waals surface area contributed by atoms with E-state index in [0.717, 1.165) is 0 Å². The first kappa shape index (κ1) is 9.13. The number of nitrogens with zero attached hydrogens (tertiary/aromatic N) is 2. The van der Waals surface area contributed by atoms with Gasteiger partial charge in [0.2, 0.25) is 5.43 Å². The second-order valence-corrected chi connectivity index (χ2v) is 3.05. The van der Waals surface area contributed by atoms with Crippen molar-refractivity contribution in [2.45, 2.75) is 0 Å². The first-order chi connectivity index (χ1) is 7.04. The molecular weight excluding hydrogens is 198 g/mol. The van der Waals surface area contributed by atoms with Crippen molar-refractivity contribution in [2.24, 2.45) is 0 Å². The minimum atomic E-state index is -0.470. The van der Waals surface area contributed by atoms with Crippen molar-refractivity contribution < 1.29 is 5.21 Å². The van der Waals surface area contributed by atoms with Crippen molar-refractivity contribution in [1.82, 2.24) is 9.94 Å². The molecule has 1 aliphatic carbocycles. The topological polar surface area (TPSA) is 133 Å². The molecule has 0 saturated heterocycles. The van der Waals surface area contributed by atoms with Crippen LogP contribution in [0.5, 0.6) is 0 Å². The van der Waals surface area contributed by atoms with Gasteiger partial charge in [-0.15, -0.1) is 5.10 Å². The number of fused-ring (bicyclic) bond motifs is 1. The minimum Gasteiger partial charge on any atom is -0.411 e. The molecule has 0 aromatic heterocycles. The maximum atomic E-state index is 11.6. The van der Waals surface area contributed by atoms with Crippen LogP contribution in [0.4, 0.5) is 17.1 Å². The molecule has 0 bridgehead atoms. The predicted octanol–water partition coefficient (Wildman–Crippen LogP) is -0.668. The van der Waals surface area contributed by atoms with Crippen LogP contribution in [-0.2, 0) is 0 Å². The third-order valence-corrected chi connectivity index (χ3v) is 2.20. The zero-order valence-electron chi connectivity index (χ0n) is 7.64. The smallest absolute Gasteiger partial charge is 0.213 e. The van der Waals surface area contributed by atoms with Gasteiger partial charge in [-0.05, 0) is 6.07 Å². The molecule has 0 saturated carbocycles. The lowest BCUT2D eigenvalue weighted by molar-refractivity contribution is 0.149. The molecule has 2 rings (SSSR count). The minimum absolute atomic E-state index is 0.0386. The normalized spacial score (nSPS) is 10.7. The first-order valence-corrected chi connectivity index (χ1v) is 4.07. The molecule has 0 spiro atoms. The van der Waals surface area contributed by atoms with Gasteiger partial charge in [-0.2, -0.15) is 0 Å². The Labute approximate surface area is 84.0 Å². The molecule has 1 aliphatic heterocycles. The molecule has 2 aliphatic rings. The fourth-order valence-corrected chi connectivity index (χ4v) is 1.39. The maximum absolute atomic E-state index is 11.6. The molecule has 0 fully saturated rings. The fourth-order valence-electron chi connectivity index (χ4n) is 1.39. The molecule has 0 radical (unpaired) electrons. The van der Waals surface area contributed by atoms with Crippen molar-refractivity contribution in [3.63, 3.8) is 0 Å². The van der Waals surface area contributed by atoms with E-state index in [9.17, 15) is 10.0 Å². The second-order valence-electron chi connectivity index (χ2n) is 3.05. The van der Waals surface area contributed by atoms with Crippen LogP contribution in [-0.4, -0.2) is 15.2 Å². The van der Waals surface area contributed by atoms with E-state index in [0.29, 0.717) is 4.85 Å². The number of nitrogens with two attached hydrogens (primary N) is 3. The van der Waals surface area contributed by atoms with Gasteiger partial charge < -0.3 is 22.4 Å². The molecule has 0 aromatic rings. The van der Waals surface area contributed by atoms with E-state index in [1.165, 1.54) is 12.3 Å². The van der Waals surface area contributed by atoms with Gasteiger partial charge >= 0.3 is 0 Å². The van der Waals surface area contributed by atoms with Gasteiger partial charge in [-0.25, -0.2) is 0 Å². The molecule has 1 heterocycles. The summed E-state index contributed by atoms with van der Waals surface area (Å²) in [6, 6.07) is 1.41. The van der Waals surface area contributed by atoms with E-state index < -0.39 is 5.43 Å². The SMILES string of the molecule is Nc1c(N)c2n(O)nccc-2c(=O)c1N. The van der Waals surface area contributed by atoms with Crippen molar-refractivity contribution in [3.8, 4) is 11.3 Å². The summed E-state index contributed by atoms with van der Waals surface area (Å²) < 4.78 is 0.